The average molecular weight is 314 g/mol. The van der Waals surface area contributed by atoms with Crippen LogP contribution in [0.2, 0.25) is 0 Å². The van der Waals surface area contributed by atoms with E-state index >= 15 is 0 Å². The third-order valence-electron chi connectivity index (χ3n) is 2.57. The number of Topliss-reactive ketones (excluding diaryl/α,β-unsaturated/α-hetero) is 1. The predicted molar refractivity (Wildman–Crippen MR) is 78.4 cm³/mol. The van der Waals surface area contributed by atoms with Gasteiger partial charge in [0.15, 0.2) is 5.78 Å². The number of halogens is 2. The largest absolute Gasteiger partial charge is 0.344 e. The Hall–Kier alpha value is -1.47. The number of ketones is 1. The van der Waals surface area contributed by atoms with Gasteiger partial charge in [0.25, 0.3) is 5.76 Å². The Bertz CT molecular complexity index is 629. The molecule has 3 nitrogen and oxygen atoms in total. The van der Waals surface area contributed by atoms with Crippen LogP contribution in [0.1, 0.15) is 23.0 Å². The van der Waals surface area contributed by atoms with Crippen LogP contribution in [0.3, 0.4) is 0 Å². The van der Waals surface area contributed by atoms with Crippen molar-refractivity contribution in [2.24, 2.45) is 0 Å². The zero-order valence-electron chi connectivity index (χ0n) is 10.8. The number of nitrogens with zero attached hydrogens (tertiary/aromatic N) is 1. The van der Waals surface area contributed by atoms with Gasteiger partial charge >= 0.3 is 0 Å². The zero-order valence-corrected chi connectivity index (χ0v) is 12.4. The summed E-state index contributed by atoms with van der Waals surface area (Å²) in [5.41, 5.74) is 1.69. The van der Waals surface area contributed by atoms with Gasteiger partial charge in [-0.15, -0.1) is 0 Å². The molecule has 1 aromatic heterocycles. The first kappa shape index (κ1) is 14.9. The lowest BCUT2D eigenvalue weighted by molar-refractivity contribution is 0.101. The third-order valence-corrected chi connectivity index (χ3v) is 4.21. The number of aryl methyl sites for hydroxylation is 1. The number of benzene rings is 1. The van der Waals surface area contributed by atoms with Gasteiger partial charge < -0.3 is 5.32 Å². The van der Waals surface area contributed by atoms with Crippen LogP contribution >= 0.6 is 23.3 Å². The van der Waals surface area contributed by atoms with Crippen molar-refractivity contribution >= 4 is 39.8 Å². The highest BCUT2D eigenvalue weighted by Crippen LogP contribution is 2.35. The van der Waals surface area contributed by atoms with Crippen LogP contribution < -0.4 is 5.32 Å². The number of para-hydroxylation sites is 1. The maximum absolute atomic E-state index is 12.5. The quantitative estimate of drug-likeness (QED) is 0.641. The van der Waals surface area contributed by atoms with Crippen molar-refractivity contribution in [3.05, 3.63) is 35.5 Å². The monoisotopic (exact) mass is 314 g/mol. The highest BCUT2D eigenvalue weighted by Gasteiger charge is 2.17. The van der Waals surface area contributed by atoms with Crippen molar-refractivity contribution in [2.45, 2.75) is 24.5 Å². The van der Waals surface area contributed by atoms with Crippen LogP contribution in [0.15, 0.2) is 29.2 Å². The minimum atomic E-state index is -2.49. The summed E-state index contributed by atoms with van der Waals surface area (Å²) < 4.78 is 29.2. The Morgan fingerprint density at radius 2 is 2.10 bits per heavy atom. The van der Waals surface area contributed by atoms with E-state index in [0.717, 1.165) is 11.5 Å². The van der Waals surface area contributed by atoms with Gasteiger partial charge in [0.1, 0.15) is 5.00 Å². The Balaban J connectivity index is 2.33. The fourth-order valence-electron chi connectivity index (χ4n) is 1.76. The van der Waals surface area contributed by atoms with Crippen LogP contribution in [0.25, 0.3) is 0 Å². The first-order valence-corrected chi connectivity index (χ1v) is 7.42. The molecule has 0 aliphatic rings. The van der Waals surface area contributed by atoms with E-state index in [4.69, 9.17) is 0 Å². The minimum Gasteiger partial charge on any atom is -0.344 e. The summed E-state index contributed by atoms with van der Waals surface area (Å²) in [4.78, 5) is 12.0. The van der Waals surface area contributed by atoms with E-state index < -0.39 is 5.76 Å². The summed E-state index contributed by atoms with van der Waals surface area (Å²) in [6, 6.07) is 6.75. The number of rotatable bonds is 5. The number of aromatic nitrogens is 1. The smallest absolute Gasteiger partial charge is 0.288 e. The molecule has 0 saturated heterocycles. The highest BCUT2D eigenvalue weighted by atomic mass is 32.2. The number of thioether (sulfide) groups is 1. The molecule has 7 heteroatoms. The fraction of sp³-hybridized carbons (Fsp3) is 0.231. The predicted octanol–water partition coefficient (Wildman–Crippen LogP) is 4.71. The topological polar surface area (TPSA) is 42.0 Å². The maximum atomic E-state index is 12.5. The molecule has 0 atom stereocenters. The van der Waals surface area contributed by atoms with Gasteiger partial charge in [-0.2, -0.15) is 13.2 Å². The van der Waals surface area contributed by atoms with E-state index in [2.05, 4.69) is 9.69 Å². The number of hydrogen-bond acceptors (Lipinski definition) is 5. The fourth-order valence-corrected chi connectivity index (χ4v) is 3.21. The van der Waals surface area contributed by atoms with Gasteiger partial charge in [0.2, 0.25) is 0 Å². The van der Waals surface area contributed by atoms with E-state index in [0.29, 0.717) is 38.6 Å². The number of carbonyl (C=O) groups excluding carboxylic acids is 1. The second-order valence-electron chi connectivity index (χ2n) is 4.03. The van der Waals surface area contributed by atoms with Crippen LogP contribution in [-0.4, -0.2) is 15.9 Å². The summed E-state index contributed by atoms with van der Waals surface area (Å²) in [5.74, 6) is -2.59. The molecule has 0 radical (unpaired) electrons. The van der Waals surface area contributed by atoms with E-state index in [1.165, 1.54) is 6.92 Å². The van der Waals surface area contributed by atoms with Crippen molar-refractivity contribution in [1.82, 2.24) is 4.37 Å². The van der Waals surface area contributed by atoms with Crippen LogP contribution in [0.4, 0.5) is 19.5 Å². The average Bonchev–Trinajstić information content (AvgIpc) is 2.72. The summed E-state index contributed by atoms with van der Waals surface area (Å²) in [5, 5.41) is 3.61. The standard InChI is InChI=1S/C13H12F2N2OS2/c1-7-11(8(2)18)12(20-17-7)16-9-5-3-4-6-10(9)19-13(14)15/h3-6,13,16H,1-2H3. The molecule has 0 fully saturated rings. The van der Waals surface area contributed by atoms with Crippen LogP contribution in [0, 0.1) is 6.92 Å². The van der Waals surface area contributed by atoms with E-state index in [9.17, 15) is 13.6 Å². The van der Waals surface area contributed by atoms with Gasteiger partial charge in [0.05, 0.1) is 16.9 Å². The third kappa shape index (κ3) is 3.34. The summed E-state index contributed by atoms with van der Waals surface area (Å²) in [6.07, 6.45) is 0. The molecular formula is C13H12F2N2OS2. The second-order valence-corrected chi connectivity index (χ2v) is 5.83. The molecule has 1 aromatic carbocycles. The van der Waals surface area contributed by atoms with Crippen molar-refractivity contribution in [1.29, 1.82) is 0 Å². The highest BCUT2D eigenvalue weighted by molar-refractivity contribution is 7.99. The van der Waals surface area contributed by atoms with E-state index in [1.807, 2.05) is 0 Å². The molecule has 0 saturated carbocycles. The van der Waals surface area contributed by atoms with Crippen LogP contribution in [0.5, 0.6) is 0 Å². The minimum absolute atomic E-state index is 0.0993. The SMILES string of the molecule is CC(=O)c1c(C)nsc1Nc1ccccc1SC(F)F. The van der Waals surface area contributed by atoms with Gasteiger partial charge in [-0.3, -0.25) is 4.79 Å². The molecule has 0 bridgehead atoms. The molecule has 2 rings (SSSR count). The van der Waals surface area contributed by atoms with Crippen molar-refractivity contribution in [3.63, 3.8) is 0 Å². The Morgan fingerprint density at radius 1 is 1.40 bits per heavy atom. The van der Waals surface area contributed by atoms with Gasteiger partial charge in [-0.1, -0.05) is 23.9 Å². The number of nitrogens with one attached hydrogen (secondary N) is 1. The normalized spacial score (nSPS) is 10.8. The molecule has 1 heterocycles. The lowest BCUT2D eigenvalue weighted by Gasteiger charge is -2.10. The lowest BCUT2D eigenvalue weighted by atomic mass is 10.2. The maximum Gasteiger partial charge on any atom is 0.288 e. The summed E-state index contributed by atoms with van der Waals surface area (Å²) in [7, 11) is 0. The molecule has 0 unspecified atom stereocenters. The molecule has 2 aromatic rings. The number of carbonyl (C=O) groups is 1. The Morgan fingerprint density at radius 3 is 2.75 bits per heavy atom. The summed E-state index contributed by atoms with van der Waals surface area (Å²) >= 11 is 1.62. The first-order valence-electron chi connectivity index (χ1n) is 5.77. The molecule has 0 aliphatic carbocycles. The van der Waals surface area contributed by atoms with Gasteiger partial charge in [-0.05, 0) is 37.5 Å². The molecule has 106 valence electrons. The first-order chi connectivity index (χ1) is 9.49. The Kier molecular flexibility index (Phi) is 4.72. The summed E-state index contributed by atoms with van der Waals surface area (Å²) in [6.45, 7) is 3.21. The molecule has 1 N–H and O–H groups in total. The van der Waals surface area contributed by atoms with Crippen LogP contribution in [-0.2, 0) is 0 Å². The van der Waals surface area contributed by atoms with Gasteiger partial charge in [-0.25, -0.2) is 0 Å². The van der Waals surface area contributed by atoms with Crippen molar-refractivity contribution in [2.75, 3.05) is 5.32 Å². The van der Waals surface area contributed by atoms with E-state index in [-0.39, 0.29) is 5.78 Å². The molecule has 0 spiro atoms. The zero-order chi connectivity index (χ0) is 14.7. The van der Waals surface area contributed by atoms with Gasteiger partial charge in [0, 0.05) is 4.90 Å². The molecular weight excluding hydrogens is 302 g/mol. The number of anilines is 2. The van der Waals surface area contributed by atoms with Crippen molar-refractivity contribution in [3.8, 4) is 0 Å². The molecule has 20 heavy (non-hydrogen) atoms. The Labute approximate surface area is 123 Å². The number of alkyl halides is 2. The van der Waals surface area contributed by atoms with E-state index in [1.54, 1.807) is 31.2 Å². The van der Waals surface area contributed by atoms with Crippen molar-refractivity contribution < 1.29 is 13.6 Å². The lowest BCUT2D eigenvalue weighted by Crippen LogP contribution is -1.99. The molecule has 0 aliphatic heterocycles. The molecule has 0 amide bonds. The second kappa shape index (κ2) is 6.32. The number of hydrogen-bond donors (Lipinski definition) is 1.